The lowest BCUT2D eigenvalue weighted by Gasteiger charge is -1.98. The number of thioether (sulfide) groups is 1. The molecule has 1 heterocycles. The summed E-state index contributed by atoms with van der Waals surface area (Å²) >= 11 is 1.61. The lowest BCUT2D eigenvalue weighted by atomic mass is 10.5. The fourth-order valence-corrected chi connectivity index (χ4v) is 1.03. The number of hydrogen-bond acceptors (Lipinski definition) is 3. The van der Waals surface area contributed by atoms with Crippen LogP contribution in [-0.4, -0.2) is 18.3 Å². The van der Waals surface area contributed by atoms with Crippen molar-refractivity contribution in [3.63, 3.8) is 0 Å². The molecule has 0 N–H and O–H groups in total. The third kappa shape index (κ3) is 1.64. The number of pyridine rings is 1. The highest BCUT2D eigenvalue weighted by Crippen LogP contribution is 2.16. The topological polar surface area (TPSA) is 22.1 Å². The predicted molar refractivity (Wildman–Crippen MR) is 42.6 cm³/mol. The molecule has 0 saturated carbocycles. The van der Waals surface area contributed by atoms with Gasteiger partial charge in [-0.2, -0.15) is 0 Å². The van der Waals surface area contributed by atoms with E-state index in [1.807, 2.05) is 18.4 Å². The summed E-state index contributed by atoms with van der Waals surface area (Å²) in [5.74, 6) is 0.861. The summed E-state index contributed by atoms with van der Waals surface area (Å²) in [5, 5.41) is 0.986. The first-order valence-electron chi connectivity index (χ1n) is 2.91. The third-order valence-electron chi connectivity index (χ3n) is 1.15. The molecule has 1 aromatic rings. The molecule has 0 atom stereocenters. The van der Waals surface area contributed by atoms with E-state index >= 15 is 0 Å². The summed E-state index contributed by atoms with van der Waals surface area (Å²) in [4.78, 5) is 4.09. The van der Waals surface area contributed by atoms with Gasteiger partial charge in [0.25, 0.3) is 0 Å². The Labute approximate surface area is 64.6 Å². The Balaban J connectivity index is 2.87. The molecule has 3 heteroatoms. The van der Waals surface area contributed by atoms with Crippen LogP contribution >= 0.6 is 11.8 Å². The number of hydrogen-bond donors (Lipinski definition) is 0. The van der Waals surface area contributed by atoms with Gasteiger partial charge < -0.3 is 4.74 Å². The van der Waals surface area contributed by atoms with Gasteiger partial charge in [-0.25, -0.2) is 4.98 Å². The van der Waals surface area contributed by atoms with Gasteiger partial charge in [-0.1, -0.05) is 0 Å². The van der Waals surface area contributed by atoms with Crippen LogP contribution in [0, 0.1) is 0 Å². The second kappa shape index (κ2) is 3.46. The maximum Gasteiger partial charge on any atom is 0.123 e. The standard InChI is InChI=1S/C7H9NOS/c1-9-6-3-4-8-7(5-6)10-2/h3-5H,1-2H3. The van der Waals surface area contributed by atoms with E-state index in [4.69, 9.17) is 4.74 Å². The van der Waals surface area contributed by atoms with Gasteiger partial charge >= 0.3 is 0 Å². The van der Waals surface area contributed by atoms with Crippen LogP contribution in [0.5, 0.6) is 5.75 Å². The normalized spacial score (nSPS) is 9.40. The van der Waals surface area contributed by atoms with Gasteiger partial charge in [-0.3, -0.25) is 0 Å². The predicted octanol–water partition coefficient (Wildman–Crippen LogP) is 1.81. The minimum absolute atomic E-state index is 0.861. The summed E-state index contributed by atoms with van der Waals surface area (Å²) in [7, 11) is 1.65. The molecule has 0 aliphatic carbocycles. The Morgan fingerprint density at radius 1 is 1.60 bits per heavy atom. The quantitative estimate of drug-likeness (QED) is 0.608. The van der Waals surface area contributed by atoms with Gasteiger partial charge in [0.15, 0.2) is 0 Å². The lowest BCUT2D eigenvalue weighted by Crippen LogP contribution is -1.83. The van der Waals surface area contributed by atoms with Gasteiger partial charge in [0.05, 0.1) is 12.1 Å². The molecule has 1 aromatic heterocycles. The lowest BCUT2D eigenvalue weighted by molar-refractivity contribution is 0.412. The molecule has 1 rings (SSSR count). The van der Waals surface area contributed by atoms with E-state index in [1.54, 1.807) is 25.1 Å². The first-order chi connectivity index (χ1) is 4.86. The number of aromatic nitrogens is 1. The van der Waals surface area contributed by atoms with E-state index in [-0.39, 0.29) is 0 Å². The molecular formula is C7H9NOS. The Kier molecular flexibility index (Phi) is 2.57. The number of methoxy groups -OCH3 is 1. The van der Waals surface area contributed by atoms with Gasteiger partial charge in [0.1, 0.15) is 5.75 Å². The van der Waals surface area contributed by atoms with Crippen molar-refractivity contribution in [2.75, 3.05) is 13.4 Å². The van der Waals surface area contributed by atoms with Crippen LogP contribution in [0.2, 0.25) is 0 Å². The zero-order valence-corrected chi connectivity index (χ0v) is 6.81. The van der Waals surface area contributed by atoms with Crippen molar-refractivity contribution in [2.24, 2.45) is 0 Å². The molecular weight excluding hydrogens is 146 g/mol. The molecule has 2 nitrogen and oxygen atoms in total. The summed E-state index contributed by atoms with van der Waals surface area (Å²) < 4.78 is 5.00. The number of rotatable bonds is 2. The molecule has 10 heavy (non-hydrogen) atoms. The van der Waals surface area contributed by atoms with Gasteiger partial charge in [-0.05, 0) is 12.3 Å². The fraction of sp³-hybridized carbons (Fsp3) is 0.286. The molecule has 54 valence electrons. The molecule has 0 aliphatic heterocycles. The van der Waals surface area contributed by atoms with E-state index in [1.165, 1.54) is 0 Å². The van der Waals surface area contributed by atoms with Crippen molar-refractivity contribution in [2.45, 2.75) is 5.03 Å². The van der Waals surface area contributed by atoms with Crippen LogP contribution in [0.3, 0.4) is 0 Å². The second-order valence-electron chi connectivity index (χ2n) is 1.74. The Bertz CT molecular complexity index is 195. The molecule has 0 bridgehead atoms. The summed E-state index contributed by atoms with van der Waals surface area (Å²) in [6.45, 7) is 0. The van der Waals surface area contributed by atoms with Crippen molar-refractivity contribution < 1.29 is 4.74 Å². The number of ether oxygens (including phenoxy) is 1. The average molecular weight is 155 g/mol. The Hall–Kier alpha value is -0.700. The smallest absolute Gasteiger partial charge is 0.123 e. The highest BCUT2D eigenvalue weighted by atomic mass is 32.2. The molecule has 0 fully saturated rings. The largest absolute Gasteiger partial charge is 0.497 e. The number of nitrogens with zero attached hydrogens (tertiary/aromatic N) is 1. The van der Waals surface area contributed by atoms with E-state index < -0.39 is 0 Å². The van der Waals surface area contributed by atoms with E-state index in [0.717, 1.165) is 10.8 Å². The second-order valence-corrected chi connectivity index (χ2v) is 2.56. The average Bonchev–Trinajstić information content (AvgIpc) is 2.05. The summed E-state index contributed by atoms with van der Waals surface area (Å²) in [6, 6.07) is 3.74. The SMILES string of the molecule is COc1ccnc(SC)c1. The Morgan fingerprint density at radius 2 is 2.40 bits per heavy atom. The van der Waals surface area contributed by atoms with Gasteiger partial charge in [0.2, 0.25) is 0 Å². The van der Waals surface area contributed by atoms with Crippen LogP contribution in [0.25, 0.3) is 0 Å². The molecule has 0 aliphatic rings. The minimum Gasteiger partial charge on any atom is -0.497 e. The zero-order valence-electron chi connectivity index (χ0n) is 6.00. The molecule has 0 amide bonds. The van der Waals surface area contributed by atoms with Crippen LogP contribution < -0.4 is 4.74 Å². The van der Waals surface area contributed by atoms with Crippen LogP contribution in [0.1, 0.15) is 0 Å². The van der Waals surface area contributed by atoms with Gasteiger partial charge in [-0.15, -0.1) is 11.8 Å². The summed E-state index contributed by atoms with van der Waals surface area (Å²) in [5.41, 5.74) is 0. The maximum absolute atomic E-state index is 5.00. The summed E-state index contributed by atoms with van der Waals surface area (Å²) in [6.07, 6.45) is 3.73. The maximum atomic E-state index is 5.00. The highest BCUT2D eigenvalue weighted by Gasteiger charge is 1.92. The fourth-order valence-electron chi connectivity index (χ4n) is 0.630. The van der Waals surface area contributed by atoms with Crippen LogP contribution in [-0.2, 0) is 0 Å². The molecule has 0 spiro atoms. The first kappa shape index (κ1) is 7.41. The van der Waals surface area contributed by atoms with Crippen molar-refractivity contribution in [1.29, 1.82) is 0 Å². The van der Waals surface area contributed by atoms with Gasteiger partial charge in [0, 0.05) is 12.3 Å². The molecule has 0 radical (unpaired) electrons. The monoisotopic (exact) mass is 155 g/mol. The van der Waals surface area contributed by atoms with Crippen molar-refractivity contribution in [3.8, 4) is 5.75 Å². The third-order valence-corrected chi connectivity index (χ3v) is 1.79. The van der Waals surface area contributed by atoms with E-state index in [9.17, 15) is 0 Å². The van der Waals surface area contributed by atoms with Crippen molar-refractivity contribution in [3.05, 3.63) is 18.3 Å². The van der Waals surface area contributed by atoms with E-state index in [2.05, 4.69) is 4.98 Å². The van der Waals surface area contributed by atoms with E-state index in [0.29, 0.717) is 0 Å². The van der Waals surface area contributed by atoms with Crippen LogP contribution in [0.4, 0.5) is 0 Å². The highest BCUT2D eigenvalue weighted by molar-refractivity contribution is 7.98. The Morgan fingerprint density at radius 3 is 3.00 bits per heavy atom. The minimum atomic E-state index is 0.861. The molecule has 0 aromatic carbocycles. The van der Waals surface area contributed by atoms with Crippen molar-refractivity contribution >= 4 is 11.8 Å². The zero-order chi connectivity index (χ0) is 7.40. The molecule has 0 saturated heterocycles. The van der Waals surface area contributed by atoms with Crippen LogP contribution in [0.15, 0.2) is 23.4 Å². The molecule has 0 unspecified atom stereocenters. The van der Waals surface area contributed by atoms with Crippen molar-refractivity contribution in [1.82, 2.24) is 4.98 Å². The first-order valence-corrected chi connectivity index (χ1v) is 4.13.